The summed E-state index contributed by atoms with van der Waals surface area (Å²) in [5, 5.41) is 9.62. The number of ketones is 1. The lowest BCUT2D eigenvalue weighted by molar-refractivity contribution is 0.0995. The molecule has 0 saturated carbocycles. The summed E-state index contributed by atoms with van der Waals surface area (Å²) in [6.07, 6.45) is 1.78. The fraction of sp³-hybridized carbons (Fsp3) is 0.267. The molecular formula is C15H16N4OS. The summed E-state index contributed by atoms with van der Waals surface area (Å²) in [7, 11) is 1.90. The van der Waals surface area contributed by atoms with Crippen LogP contribution in [-0.2, 0) is 7.05 Å². The predicted molar refractivity (Wildman–Crippen MR) is 83.7 cm³/mol. The summed E-state index contributed by atoms with van der Waals surface area (Å²) < 4.78 is 1.89. The smallest absolute Gasteiger partial charge is 0.191 e. The predicted octanol–water partition coefficient (Wildman–Crippen LogP) is 2.97. The lowest BCUT2D eigenvalue weighted by Gasteiger charge is -2.09. The van der Waals surface area contributed by atoms with Gasteiger partial charge in [-0.1, -0.05) is 30.0 Å². The van der Waals surface area contributed by atoms with Gasteiger partial charge in [-0.15, -0.1) is 10.2 Å². The number of aromatic nitrogens is 4. The molecule has 0 aliphatic rings. The molecule has 0 fully saturated rings. The molecule has 0 spiro atoms. The second-order valence-electron chi connectivity index (χ2n) is 4.96. The number of aromatic amines is 1. The third kappa shape index (κ3) is 2.47. The minimum Gasteiger partial charge on any atom is -0.360 e. The van der Waals surface area contributed by atoms with Crippen molar-refractivity contribution in [3.8, 4) is 0 Å². The minimum absolute atomic E-state index is 0.0955. The van der Waals surface area contributed by atoms with Crippen LogP contribution in [0.25, 0.3) is 10.9 Å². The van der Waals surface area contributed by atoms with Crippen LogP contribution in [0.1, 0.15) is 23.1 Å². The summed E-state index contributed by atoms with van der Waals surface area (Å²) in [6.45, 7) is 3.79. The van der Waals surface area contributed by atoms with E-state index < -0.39 is 0 Å². The number of fused-ring (bicyclic) bond motifs is 1. The Hall–Kier alpha value is -2.08. The van der Waals surface area contributed by atoms with E-state index >= 15 is 0 Å². The molecule has 2 heterocycles. The summed E-state index contributed by atoms with van der Waals surface area (Å²) in [4.78, 5) is 15.8. The summed E-state index contributed by atoms with van der Waals surface area (Å²) in [6, 6.07) is 7.82. The van der Waals surface area contributed by atoms with E-state index in [1.54, 1.807) is 6.20 Å². The summed E-state index contributed by atoms with van der Waals surface area (Å²) in [5.41, 5.74) is 1.71. The largest absolute Gasteiger partial charge is 0.360 e. The second-order valence-corrected chi connectivity index (χ2v) is 6.27. The Labute approximate surface area is 126 Å². The maximum atomic E-state index is 12.6. The van der Waals surface area contributed by atoms with Crippen LogP contribution in [0.3, 0.4) is 0 Å². The number of aryl methyl sites for hydroxylation is 1. The van der Waals surface area contributed by atoms with Gasteiger partial charge in [-0.25, -0.2) is 0 Å². The first-order valence-corrected chi connectivity index (χ1v) is 7.59. The molecule has 1 N–H and O–H groups in total. The number of benzene rings is 1. The first kappa shape index (κ1) is 13.9. The van der Waals surface area contributed by atoms with Gasteiger partial charge in [0.1, 0.15) is 5.82 Å². The van der Waals surface area contributed by atoms with Gasteiger partial charge in [0.05, 0.1) is 5.25 Å². The van der Waals surface area contributed by atoms with Gasteiger partial charge in [0.25, 0.3) is 0 Å². The standard InChI is InChI=1S/C15H16N4OS/c1-9(21-15-18-17-10(2)19(15)3)14(20)12-8-16-13-7-5-4-6-11(12)13/h4-9,16H,1-3H3/t9-/m0/s1. The Morgan fingerprint density at radius 3 is 2.81 bits per heavy atom. The Balaban J connectivity index is 1.86. The Bertz CT molecular complexity index is 805. The van der Waals surface area contributed by atoms with E-state index in [0.29, 0.717) is 0 Å². The number of nitrogens with zero attached hydrogens (tertiary/aromatic N) is 3. The van der Waals surface area contributed by atoms with Crippen LogP contribution in [0.4, 0.5) is 0 Å². The van der Waals surface area contributed by atoms with E-state index in [-0.39, 0.29) is 11.0 Å². The summed E-state index contributed by atoms with van der Waals surface area (Å²) in [5.74, 6) is 0.933. The molecule has 108 valence electrons. The first-order chi connectivity index (χ1) is 10.1. The Kier molecular flexibility index (Phi) is 3.55. The molecule has 3 rings (SSSR count). The quantitative estimate of drug-likeness (QED) is 0.594. The van der Waals surface area contributed by atoms with Crippen LogP contribution < -0.4 is 0 Å². The van der Waals surface area contributed by atoms with Gasteiger partial charge in [-0.05, 0) is 19.9 Å². The molecule has 1 atom stereocenters. The molecule has 0 bridgehead atoms. The van der Waals surface area contributed by atoms with Gasteiger partial charge in [0.15, 0.2) is 10.9 Å². The average Bonchev–Trinajstić information content (AvgIpc) is 3.05. The van der Waals surface area contributed by atoms with Crippen molar-refractivity contribution in [2.24, 2.45) is 7.05 Å². The molecule has 5 nitrogen and oxygen atoms in total. The fourth-order valence-electron chi connectivity index (χ4n) is 2.20. The molecular weight excluding hydrogens is 284 g/mol. The van der Waals surface area contributed by atoms with Gasteiger partial charge in [-0.2, -0.15) is 0 Å². The highest BCUT2D eigenvalue weighted by Crippen LogP contribution is 2.27. The second kappa shape index (κ2) is 5.37. The van der Waals surface area contributed by atoms with Crippen molar-refractivity contribution in [2.75, 3.05) is 0 Å². The maximum Gasteiger partial charge on any atom is 0.191 e. The number of H-pyrrole nitrogens is 1. The molecule has 21 heavy (non-hydrogen) atoms. The molecule has 0 aliphatic carbocycles. The van der Waals surface area contributed by atoms with Gasteiger partial charge in [0, 0.05) is 29.7 Å². The highest BCUT2D eigenvalue weighted by atomic mass is 32.2. The van der Waals surface area contributed by atoms with E-state index in [4.69, 9.17) is 0 Å². The van der Waals surface area contributed by atoms with Crippen LogP contribution in [0.5, 0.6) is 0 Å². The highest BCUT2D eigenvalue weighted by Gasteiger charge is 2.21. The number of Topliss-reactive ketones (excluding diaryl/α,β-unsaturated/α-hetero) is 1. The number of rotatable bonds is 4. The number of para-hydroxylation sites is 1. The van der Waals surface area contributed by atoms with Gasteiger partial charge in [0.2, 0.25) is 0 Å². The SMILES string of the molecule is Cc1nnc(S[C@@H](C)C(=O)c2c[nH]c3ccccc23)n1C. The Morgan fingerprint density at radius 2 is 2.10 bits per heavy atom. The van der Waals surface area contributed by atoms with Gasteiger partial charge >= 0.3 is 0 Å². The molecule has 0 unspecified atom stereocenters. The highest BCUT2D eigenvalue weighted by molar-refractivity contribution is 8.00. The molecule has 0 aliphatic heterocycles. The minimum atomic E-state index is -0.216. The number of hydrogen-bond acceptors (Lipinski definition) is 4. The van der Waals surface area contributed by atoms with Gasteiger partial charge < -0.3 is 9.55 Å². The maximum absolute atomic E-state index is 12.6. The number of hydrogen-bond donors (Lipinski definition) is 1. The van der Waals surface area contributed by atoms with Crippen LogP contribution in [-0.4, -0.2) is 30.8 Å². The average molecular weight is 300 g/mol. The van der Waals surface area contributed by atoms with Crippen molar-refractivity contribution in [3.63, 3.8) is 0 Å². The number of thioether (sulfide) groups is 1. The van der Waals surface area contributed by atoms with Crippen LogP contribution in [0, 0.1) is 6.92 Å². The van der Waals surface area contributed by atoms with E-state index in [1.165, 1.54) is 11.8 Å². The van der Waals surface area contributed by atoms with E-state index in [1.807, 2.05) is 49.7 Å². The monoisotopic (exact) mass is 300 g/mol. The number of carbonyl (C=O) groups excluding carboxylic acids is 1. The third-order valence-corrected chi connectivity index (χ3v) is 4.69. The van der Waals surface area contributed by atoms with E-state index in [2.05, 4.69) is 15.2 Å². The molecule has 0 radical (unpaired) electrons. The van der Waals surface area contributed by atoms with Crippen molar-refractivity contribution in [2.45, 2.75) is 24.3 Å². The molecule has 0 saturated heterocycles. The first-order valence-electron chi connectivity index (χ1n) is 6.71. The molecule has 3 aromatic rings. The topological polar surface area (TPSA) is 63.6 Å². The number of nitrogens with one attached hydrogen (secondary N) is 1. The fourth-order valence-corrected chi connectivity index (χ4v) is 3.12. The third-order valence-electron chi connectivity index (χ3n) is 3.56. The molecule has 6 heteroatoms. The normalized spacial score (nSPS) is 12.7. The zero-order chi connectivity index (χ0) is 15.0. The lowest BCUT2D eigenvalue weighted by Crippen LogP contribution is -2.14. The zero-order valence-electron chi connectivity index (χ0n) is 12.1. The van der Waals surface area contributed by atoms with Crippen molar-refractivity contribution in [1.29, 1.82) is 0 Å². The van der Waals surface area contributed by atoms with Gasteiger partial charge in [-0.3, -0.25) is 4.79 Å². The van der Waals surface area contributed by atoms with Crippen molar-refractivity contribution < 1.29 is 4.79 Å². The van der Waals surface area contributed by atoms with Crippen molar-refractivity contribution in [3.05, 3.63) is 41.9 Å². The number of carbonyl (C=O) groups is 1. The summed E-state index contributed by atoms with van der Waals surface area (Å²) >= 11 is 1.43. The van der Waals surface area contributed by atoms with Crippen molar-refractivity contribution in [1.82, 2.24) is 19.7 Å². The van der Waals surface area contributed by atoms with E-state index in [9.17, 15) is 4.79 Å². The van der Waals surface area contributed by atoms with Crippen LogP contribution in [0.15, 0.2) is 35.6 Å². The molecule has 0 amide bonds. The zero-order valence-corrected chi connectivity index (χ0v) is 12.9. The van der Waals surface area contributed by atoms with Crippen LogP contribution in [0.2, 0.25) is 0 Å². The van der Waals surface area contributed by atoms with Crippen molar-refractivity contribution >= 4 is 28.4 Å². The molecule has 2 aromatic heterocycles. The lowest BCUT2D eigenvalue weighted by atomic mass is 10.1. The van der Waals surface area contributed by atoms with Crippen LogP contribution >= 0.6 is 11.8 Å². The van der Waals surface area contributed by atoms with E-state index in [0.717, 1.165) is 27.4 Å². The Morgan fingerprint density at radius 1 is 1.33 bits per heavy atom. The molecule has 1 aromatic carbocycles.